The Balaban J connectivity index is 1.35. The van der Waals surface area contributed by atoms with Crippen molar-refractivity contribution in [2.24, 2.45) is 0 Å². The molecule has 0 radical (unpaired) electrons. The van der Waals surface area contributed by atoms with Crippen molar-refractivity contribution in [1.29, 1.82) is 0 Å². The number of aromatic nitrogens is 1. The Hall–Kier alpha value is -3.18. The van der Waals surface area contributed by atoms with Gasteiger partial charge >= 0.3 is 0 Å². The van der Waals surface area contributed by atoms with Gasteiger partial charge in [-0.3, -0.25) is 14.7 Å². The first kappa shape index (κ1) is 21.1. The summed E-state index contributed by atoms with van der Waals surface area (Å²) in [5.74, 6) is 0.0420. The Morgan fingerprint density at radius 2 is 1.42 bits per heavy atom. The van der Waals surface area contributed by atoms with E-state index in [2.05, 4.69) is 32.2 Å². The zero-order valence-electron chi connectivity index (χ0n) is 18.1. The topological polar surface area (TPSA) is 48.5 Å². The summed E-state index contributed by atoms with van der Waals surface area (Å²) in [5, 5.41) is 3.21. The number of pyridine rings is 1. The van der Waals surface area contributed by atoms with Crippen molar-refractivity contribution in [3.63, 3.8) is 0 Å². The predicted octanol–water partition coefficient (Wildman–Crippen LogP) is 3.33. The molecule has 1 amide bonds. The lowest BCUT2D eigenvalue weighted by atomic mass is 9.75. The molecule has 2 aromatic carbocycles. The average Bonchev–Trinajstić information content (AvgIpc) is 2.85. The number of benzene rings is 2. The fraction of sp³-hybridized carbons (Fsp3) is 0.308. The number of carbonyl (C=O) groups is 1. The quantitative estimate of drug-likeness (QED) is 0.644. The van der Waals surface area contributed by atoms with Crippen LogP contribution in [0.3, 0.4) is 0 Å². The maximum Gasteiger partial charge on any atom is 0.234 e. The van der Waals surface area contributed by atoms with E-state index >= 15 is 0 Å². The molecule has 160 valence electrons. The van der Waals surface area contributed by atoms with Gasteiger partial charge in [0.1, 0.15) is 0 Å². The summed E-state index contributed by atoms with van der Waals surface area (Å²) in [6, 6.07) is 24.2. The maximum absolute atomic E-state index is 13.4. The molecule has 31 heavy (non-hydrogen) atoms. The summed E-state index contributed by atoms with van der Waals surface area (Å²) < 4.78 is 0. The van der Waals surface area contributed by atoms with Gasteiger partial charge in [0.25, 0.3) is 0 Å². The molecule has 1 aliphatic rings. The summed E-state index contributed by atoms with van der Waals surface area (Å²) in [6.45, 7) is 7.48. The number of hydrogen-bond acceptors (Lipinski definition) is 4. The summed E-state index contributed by atoms with van der Waals surface area (Å²) in [7, 11) is 0. The predicted molar refractivity (Wildman–Crippen MR) is 125 cm³/mol. The van der Waals surface area contributed by atoms with E-state index in [-0.39, 0.29) is 5.91 Å². The highest BCUT2D eigenvalue weighted by Crippen LogP contribution is 2.32. The molecule has 1 N–H and O–H groups in total. The summed E-state index contributed by atoms with van der Waals surface area (Å²) in [4.78, 5) is 22.3. The summed E-state index contributed by atoms with van der Waals surface area (Å²) in [5.41, 5.74) is 2.52. The van der Waals surface area contributed by atoms with Crippen LogP contribution in [0.15, 0.2) is 85.2 Å². The molecular formula is C26H30N4O. The van der Waals surface area contributed by atoms with Gasteiger partial charge in [0.2, 0.25) is 5.91 Å². The molecule has 2 heterocycles. The van der Waals surface area contributed by atoms with Crippen molar-refractivity contribution in [3.05, 3.63) is 96.3 Å². The Kier molecular flexibility index (Phi) is 6.63. The van der Waals surface area contributed by atoms with Gasteiger partial charge in [0.15, 0.2) is 0 Å². The first-order valence-corrected chi connectivity index (χ1v) is 10.9. The lowest BCUT2D eigenvalue weighted by Gasteiger charge is -2.36. The molecule has 0 aliphatic carbocycles. The minimum Gasteiger partial charge on any atom is -0.369 e. The lowest BCUT2D eigenvalue weighted by molar-refractivity contribution is -0.124. The molecule has 5 nitrogen and oxygen atoms in total. The van der Waals surface area contributed by atoms with Gasteiger partial charge < -0.3 is 10.2 Å². The van der Waals surface area contributed by atoms with Crippen LogP contribution in [0.4, 0.5) is 5.69 Å². The molecule has 1 fully saturated rings. The van der Waals surface area contributed by atoms with Crippen molar-refractivity contribution in [2.45, 2.75) is 12.3 Å². The second-order valence-electron chi connectivity index (χ2n) is 8.15. The summed E-state index contributed by atoms with van der Waals surface area (Å²) in [6.07, 6.45) is 3.68. The van der Waals surface area contributed by atoms with E-state index in [1.165, 1.54) is 5.69 Å². The second kappa shape index (κ2) is 9.75. The summed E-state index contributed by atoms with van der Waals surface area (Å²) >= 11 is 0. The Morgan fingerprint density at radius 3 is 1.97 bits per heavy atom. The highest BCUT2D eigenvalue weighted by Gasteiger charge is 2.36. The average molecular weight is 415 g/mol. The van der Waals surface area contributed by atoms with Crippen LogP contribution in [0.1, 0.15) is 18.1 Å². The van der Waals surface area contributed by atoms with E-state index in [4.69, 9.17) is 0 Å². The third-order valence-corrected chi connectivity index (χ3v) is 6.27. The van der Waals surface area contributed by atoms with E-state index < -0.39 is 5.41 Å². The fourth-order valence-electron chi connectivity index (χ4n) is 4.26. The van der Waals surface area contributed by atoms with Crippen LogP contribution in [0.5, 0.6) is 0 Å². The van der Waals surface area contributed by atoms with Crippen molar-refractivity contribution in [1.82, 2.24) is 15.2 Å². The molecule has 0 unspecified atom stereocenters. The molecule has 1 aromatic heterocycles. The number of nitrogens with one attached hydrogen (secondary N) is 1. The van der Waals surface area contributed by atoms with Crippen LogP contribution in [0.2, 0.25) is 0 Å². The zero-order chi connectivity index (χ0) is 21.5. The first-order valence-electron chi connectivity index (χ1n) is 10.9. The molecule has 4 rings (SSSR count). The zero-order valence-corrected chi connectivity index (χ0v) is 18.1. The Labute approximate surface area is 184 Å². The number of hydrogen-bond donors (Lipinski definition) is 1. The van der Waals surface area contributed by atoms with Crippen molar-refractivity contribution in [3.8, 4) is 0 Å². The highest BCUT2D eigenvalue weighted by molar-refractivity contribution is 5.91. The van der Waals surface area contributed by atoms with E-state index in [1.54, 1.807) is 0 Å². The van der Waals surface area contributed by atoms with Gasteiger partial charge in [-0.1, -0.05) is 60.7 Å². The van der Waals surface area contributed by atoms with Crippen molar-refractivity contribution >= 4 is 11.6 Å². The van der Waals surface area contributed by atoms with E-state index in [9.17, 15) is 4.79 Å². The van der Waals surface area contributed by atoms with Crippen LogP contribution in [0, 0.1) is 0 Å². The molecule has 0 atom stereocenters. The minimum absolute atomic E-state index is 0.0420. The number of carbonyl (C=O) groups excluding carboxylic acids is 1. The van der Waals surface area contributed by atoms with E-state index in [0.717, 1.165) is 43.9 Å². The Bertz CT molecular complexity index is 915. The highest BCUT2D eigenvalue weighted by atomic mass is 16.2. The molecule has 1 aliphatic heterocycles. The van der Waals surface area contributed by atoms with Crippen LogP contribution in [-0.4, -0.2) is 55.1 Å². The smallest absolute Gasteiger partial charge is 0.234 e. The SMILES string of the molecule is CC(C(=O)NCCN1CCN(c2ccncc2)CC1)(c1ccccc1)c1ccccc1. The van der Waals surface area contributed by atoms with Crippen LogP contribution < -0.4 is 10.2 Å². The number of piperazine rings is 1. The van der Waals surface area contributed by atoms with Gasteiger partial charge in [-0.15, -0.1) is 0 Å². The monoisotopic (exact) mass is 414 g/mol. The van der Waals surface area contributed by atoms with Gasteiger partial charge in [-0.25, -0.2) is 0 Å². The van der Waals surface area contributed by atoms with Crippen LogP contribution >= 0.6 is 0 Å². The molecule has 5 heteroatoms. The maximum atomic E-state index is 13.4. The molecular weight excluding hydrogens is 384 g/mol. The minimum atomic E-state index is -0.720. The number of anilines is 1. The third kappa shape index (κ3) is 4.78. The molecule has 0 saturated carbocycles. The molecule has 0 spiro atoms. The fourth-order valence-corrected chi connectivity index (χ4v) is 4.26. The molecule has 3 aromatic rings. The first-order chi connectivity index (χ1) is 15.2. The van der Waals surface area contributed by atoms with Gasteiger partial charge in [-0.2, -0.15) is 0 Å². The largest absolute Gasteiger partial charge is 0.369 e. The van der Waals surface area contributed by atoms with Crippen LogP contribution in [0.25, 0.3) is 0 Å². The van der Waals surface area contributed by atoms with Crippen molar-refractivity contribution < 1.29 is 4.79 Å². The third-order valence-electron chi connectivity index (χ3n) is 6.27. The van der Waals surface area contributed by atoms with Gasteiger partial charge in [0.05, 0.1) is 5.41 Å². The standard InChI is InChI=1S/C26H30N4O/c1-26(22-8-4-2-5-9-22,23-10-6-3-7-11-23)25(31)28-16-17-29-18-20-30(21-19-29)24-12-14-27-15-13-24/h2-15H,16-21H2,1H3,(H,28,31). The molecule has 1 saturated heterocycles. The van der Waals surface area contributed by atoms with E-state index in [0.29, 0.717) is 6.54 Å². The van der Waals surface area contributed by atoms with Crippen LogP contribution in [-0.2, 0) is 10.2 Å². The van der Waals surface area contributed by atoms with E-state index in [1.807, 2.05) is 80.0 Å². The molecule has 0 bridgehead atoms. The normalized spacial score (nSPS) is 14.9. The van der Waals surface area contributed by atoms with Gasteiger partial charge in [-0.05, 0) is 30.2 Å². The van der Waals surface area contributed by atoms with Crippen molar-refractivity contribution in [2.75, 3.05) is 44.2 Å². The lowest BCUT2D eigenvalue weighted by Crippen LogP contribution is -2.50. The second-order valence-corrected chi connectivity index (χ2v) is 8.15. The number of rotatable bonds is 7. The Morgan fingerprint density at radius 1 is 0.871 bits per heavy atom. The number of amides is 1. The number of nitrogens with zero attached hydrogens (tertiary/aromatic N) is 3. The van der Waals surface area contributed by atoms with Gasteiger partial charge in [0, 0.05) is 57.3 Å².